The molecule has 1 amide bonds. The molecule has 0 saturated heterocycles. The lowest BCUT2D eigenvalue weighted by molar-refractivity contribution is -0.141. The summed E-state index contributed by atoms with van der Waals surface area (Å²) < 4.78 is 10.8. The lowest BCUT2D eigenvalue weighted by atomic mass is 9.99. The third-order valence-corrected chi connectivity index (χ3v) is 5.53. The Morgan fingerprint density at radius 1 is 1.17 bits per heavy atom. The molecule has 0 saturated carbocycles. The Hall–Kier alpha value is -3.41. The van der Waals surface area contributed by atoms with Gasteiger partial charge in [-0.2, -0.15) is 0 Å². The number of esters is 1. The van der Waals surface area contributed by atoms with Crippen molar-refractivity contribution in [2.75, 3.05) is 11.9 Å². The van der Waals surface area contributed by atoms with Crippen LogP contribution in [-0.4, -0.2) is 24.3 Å². The first-order chi connectivity index (χ1) is 13.8. The van der Waals surface area contributed by atoms with Gasteiger partial charge in [0.1, 0.15) is 5.58 Å². The van der Waals surface area contributed by atoms with Crippen molar-refractivity contribution in [2.45, 2.75) is 33.1 Å². The smallest absolute Gasteiger partial charge is 0.310 e. The highest BCUT2D eigenvalue weighted by atomic mass is 16.5. The third-order valence-electron chi connectivity index (χ3n) is 5.53. The monoisotopic (exact) mass is 391 g/mol. The van der Waals surface area contributed by atoms with Gasteiger partial charge in [-0.05, 0) is 55.7 Å². The highest BCUT2D eigenvalue weighted by Gasteiger charge is 2.27. The van der Waals surface area contributed by atoms with Crippen LogP contribution in [0.15, 0.2) is 41.0 Å². The molecule has 1 aliphatic heterocycles. The zero-order chi connectivity index (χ0) is 20.7. The number of furan rings is 1. The fraction of sp³-hybridized carbons (Fsp3) is 0.261. The standard InChI is InChI=1S/C23H21NO5/c1-12-4-6-17-16(10-29-22(17)13(12)2)9-21(26)28-11-20(25)15-5-7-19-18(8-15)14(3)23(27)24-19/h4-8,10,14H,9,11H2,1-3H3,(H,24,27)/t14-/m0/s1. The molecule has 0 fully saturated rings. The Labute approximate surface area is 167 Å². The van der Waals surface area contributed by atoms with Gasteiger partial charge in [-0.15, -0.1) is 0 Å². The number of ether oxygens (including phenoxy) is 1. The van der Waals surface area contributed by atoms with E-state index < -0.39 is 5.97 Å². The van der Waals surface area contributed by atoms with E-state index in [0.717, 1.165) is 33.2 Å². The molecule has 0 spiro atoms. The number of Topliss-reactive ketones (excluding diaryl/α,β-unsaturated/α-hetero) is 1. The van der Waals surface area contributed by atoms with Crippen molar-refractivity contribution < 1.29 is 23.5 Å². The summed E-state index contributed by atoms with van der Waals surface area (Å²) in [6.45, 7) is 5.42. The van der Waals surface area contributed by atoms with Gasteiger partial charge in [0, 0.05) is 22.2 Å². The van der Waals surface area contributed by atoms with Crippen LogP contribution in [0.4, 0.5) is 5.69 Å². The van der Waals surface area contributed by atoms with Crippen molar-refractivity contribution in [2.24, 2.45) is 0 Å². The summed E-state index contributed by atoms with van der Waals surface area (Å²) >= 11 is 0. The van der Waals surface area contributed by atoms with Crippen molar-refractivity contribution in [3.63, 3.8) is 0 Å². The van der Waals surface area contributed by atoms with Crippen molar-refractivity contribution in [3.05, 3.63) is 64.4 Å². The van der Waals surface area contributed by atoms with Crippen molar-refractivity contribution in [1.82, 2.24) is 0 Å². The molecule has 29 heavy (non-hydrogen) atoms. The Balaban J connectivity index is 1.41. The molecule has 1 atom stereocenters. The molecule has 1 aliphatic rings. The molecule has 4 rings (SSSR count). The van der Waals surface area contributed by atoms with Gasteiger partial charge in [0.2, 0.25) is 5.91 Å². The fourth-order valence-electron chi connectivity index (χ4n) is 3.55. The maximum Gasteiger partial charge on any atom is 0.310 e. The lowest BCUT2D eigenvalue weighted by Crippen LogP contribution is -2.15. The molecule has 0 radical (unpaired) electrons. The zero-order valence-corrected chi connectivity index (χ0v) is 16.5. The molecule has 0 bridgehead atoms. The minimum Gasteiger partial charge on any atom is -0.464 e. The summed E-state index contributed by atoms with van der Waals surface area (Å²) in [6.07, 6.45) is 1.59. The molecule has 148 valence electrons. The first-order valence-electron chi connectivity index (χ1n) is 9.45. The number of hydrogen-bond donors (Lipinski definition) is 1. The van der Waals surface area contributed by atoms with Gasteiger partial charge in [-0.25, -0.2) is 0 Å². The van der Waals surface area contributed by atoms with Gasteiger partial charge in [-0.3, -0.25) is 14.4 Å². The van der Waals surface area contributed by atoms with E-state index in [-0.39, 0.29) is 30.6 Å². The SMILES string of the molecule is Cc1ccc2c(CC(=O)OCC(=O)c3ccc4c(c3)[C@H](C)C(=O)N4)coc2c1C. The molecule has 0 aliphatic carbocycles. The van der Waals surface area contributed by atoms with E-state index in [0.29, 0.717) is 11.3 Å². The second-order valence-electron chi connectivity index (χ2n) is 7.42. The lowest BCUT2D eigenvalue weighted by Gasteiger charge is -2.07. The topological polar surface area (TPSA) is 85.6 Å². The van der Waals surface area contributed by atoms with E-state index in [1.54, 1.807) is 31.4 Å². The predicted molar refractivity (Wildman–Crippen MR) is 108 cm³/mol. The molecule has 1 aromatic heterocycles. The Morgan fingerprint density at radius 2 is 1.97 bits per heavy atom. The van der Waals surface area contributed by atoms with Crippen molar-refractivity contribution >= 4 is 34.3 Å². The van der Waals surface area contributed by atoms with Crippen LogP contribution in [0.1, 0.15) is 45.5 Å². The van der Waals surface area contributed by atoms with Crippen LogP contribution >= 0.6 is 0 Å². The van der Waals surface area contributed by atoms with Crippen LogP contribution in [0.2, 0.25) is 0 Å². The number of benzene rings is 2. The first-order valence-corrected chi connectivity index (χ1v) is 9.45. The predicted octanol–water partition coefficient (Wildman–Crippen LogP) is 4.07. The number of carbonyl (C=O) groups excluding carboxylic acids is 3. The number of hydrogen-bond acceptors (Lipinski definition) is 5. The number of ketones is 1. The van der Waals surface area contributed by atoms with E-state index in [2.05, 4.69) is 5.32 Å². The summed E-state index contributed by atoms with van der Waals surface area (Å²) in [4.78, 5) is 36.4. The maximum atomic E-state index is 12.4. The summed E-state index contributed by atoms with van der Waals surface area (Å²) in [6, 6.07) is 8.93. The van der Waals surface area contributed by atoms with Gasteiger partial charge < -0.3 is 14.5 Å². The number of fused-ring (bicyclic) bond motifs is 2. The summed E-state index contributed by atoms with van der Waals surface area (Å²) in [5.74, 6) is -1.20. The Kier molecular flexibility index (Phi) is 4.70. The normalized spacial score (nSPS) is 15.3. The minimum absolute atomic E-state index is 0.0302. The molecule has 2 aromatic carbocycles. The van der Waals surface area contributed by atoms with Gasteiger partial charge >= 0.3 is 5.97 Å². The van der Waals surface area contributed by atoms with Crippen molar-refractivity contribution in [3.8, 4) is 0 Å². The van der Waals surface area contributed by atoms with E-state index in [1.807, 2.05) is 26.0 Å². The molecule has 2 heterocycles. The summed E-state index contributed by atoms with van der Waals surface area (Å²) in [5.41, 5.74) is 5.56. The quantitative estimate of drug-likeness (QED) is 0.523. The van der Waals surface area contributed by atoms with Crippen LogP contribution in [0.5, 0.6) is 0 Å². The molecular weight excluding hydrogens is 370 g/mol. The second kappa shape index (κ2) is 7.20. The number of amides is 1. The summed E-state index contributed by atoms with van der Waals surface area (Å²) in [7, 11) is 0. The van der Waals surface area contributed by atoms with Crippen LogP contribution in [0, 0.1) is 13.8 Å². The number of carbonyl (C=O) groups is 3. The number of nitrogens with one attached hydrogen (secondary N) is 1. The van der Waals surface area contributed by atoms with Crippen LogP contribution in [0.3, 0.4) is 0 Å². The van der Waals surface area contributed by atoms with Crippen molar-refractivity contribution in [1.29, 1.82) is 0 Å². The number of rotatable bonds is 5. The van der Waals surface area contributed by atoms with E-state index in [4.69, 9.17) is 9.15 Å². The Morgan fingerprint density at radius 3 is 2.76 bits per heavy atom. The third kappa shape index (κ3) is 3.42. The molecule has 6 nitrogen and oxygen atoms in total. The number of anilines is 1. The van der Waals surface area contributed by atoms with Crippen LogP contribution in [-0.2, 0) is 20.7 Å². The van der Waals surface area contributed by atoms with Crippen LogP contribution in [0.25, 0.3) is 11.0 Å². The largest absolute Gasteiger partial charge is 0.464 e. The average Bonchev–Trinajstić information content (AvgIpc) is 3.24. The molecule has 6 heteroatoms. The second-order valence-corrected chi connectivity index (χ2v) is 7.42. The van der Waals surface area contributed by atoms with E-state index in [9.17, 15) is 14.4 Å². The zero-order valence-electron chi connectivity index (χ0n) is 16.5. The number of aryl methyl sites for hydroxylation is 2. The minimum atomic E-state index is -0.495. The van der Waals surface area contributed by atoms with Gasteiger partial charge in [0.05, 0.1) is 18.6 Å². The van der Waals surface area contributed by atoms with Gasteiger partial charge in [0.25, 0.3) is 0 Å². The van der Waals surface area contributed by atoms with E-state index >= 15 is 0 Å². The summed E-state index contributed by atoms with van der Waals surface area (Å²) in [5, 5.41) is 3.64. The fourth-order valence-corrected chi connectivity index (χ4v) is 3.55. The van der Waals surface area contributed by atoms with Gasteiger partial charge in [-0.1, -0.05) is 12.1 Å². The Bertz CT molecular complexity index is 1160. The molecule has 0 unspecified atom stereocenters. The van der Waals surface area contributed by atoms with Crippen LogP contribution < -0.4 is 5.32 Å². The van der Waals surface area contributed by atoms with Gasteiger partial charge in [0.15, 0.2) is 12.4 Å². The molecule has 1 N–H and O–H groups in total. The molecule has 3 aromatic rings. The first kappa shape index (κ1) is 18.9. The highest BCUT2D eigenvalue weighted by molar-refractivity contribution is 6.05. The average molecular weight is 391 g/mol. The maximum absolute atomic E-state index is 12.4. The van der Waals surface area contributed by atoms with E-state index in [1.165, 1.54) is 0 Å². The molecular formula is C23H21NO5. The highest BCUT2D eigenvalue weighted by Crippen LogP contribution is 2.32.